The predicted octanol–water partition coefficient (Wildman–Crippen LogP) is 3.80. The first-order valence-corrected chi connectivity index (χ1v) is 6.22. The molecule has 3 nitrogen and oxygen atoms in total. The van der Waals surface area contributed by atoms with Crippen molar-refractivity contribution in [3.63, 3.8) is 0 Å². The Morgan fingerprint density at radius 2 is 2.29 bits per heavy atom. The molecule has 0 spiro atoms. The molecule has 0 amide bonds. The summed E-state index contributed by atoms with van der Waals surface area (Å²) in [4.78, 5) is 11.8. The van der Waals surface area contributed by atoms with Gasteiger partial charge in [-0.15, -0.1) is 0 Å². The Hall–Kier alpha value is -1.13. The predicted molar refractivity (Wildman–Crippen MR) is 69.4 cm³/mol. The molecule has 0 bridgehead atoms. The van der Waals surface area contributed by atoms with Gasteiger partial charge in [0.25, 0.3) is 0 Å². The van der Waals surface area contributed by atoms with Crippen molar-refractivity contribution in [1.82, 2.24) is 0 Å². The largest absolute Gasteiger partial charge is 0.452 e. The minimum atomic E-state index is 0.0187. The van der Waals surface area contributed by atoms with Gasteiger partial charge >= 0.3 is 0 Å². The summed E-state index contributed by atoms with van der Waals surface area (Å²) in [7, 11) is 1.63. The lowest BCUT2D eigenvalue weighted by molar-refractivity contribution is 0.0938. The summed E-state index contributed by atoms with van der Waals surface area (Å²) in [6.45, 7) is 0.593. The smallest absolute Gasteiger partial charge is 0.198 e. The summed E-state index contributed by atoms with van der Waals surface area (Å²) in [5.41, 5.74) is 0.725. The molecule has 17 heavy (non-hydrogen) atoms. The fourth-order valence-corrected chi connectivity index (χ4v) is 2.13. The highest BCUT2D eigenvalue weighted by molar-refractivity contribution is 9.10. The minimum Gasteiger partial charge on any atom is -0.452 e. The molecule has 2 aromatic rings. The van der Waals surface area contributed by atoms with Crippen molar-refractivity contribution in [1.29, 1.82) is 0 Å². The number of Topliss-reactive ketones (excluding diaryl/α,β-unsaturated/α-hetero) is 1. The van der Waals surface area contributed by atoms with Gasteiger partial charge in [-0.05, 0) is 34.5 Å². The number of carbonyl (C=O) groups excluding carboxylic acids is 1. The van der Waals surface area contributed by atoms with Crippen molar-refractivity contribution in [2.24, 2.45) is 0 Å². The van der Waals surface area contributed by atoms with Gasteiger partial charge in [-0.1, -0.05) is 12.1 Å². The van der Waals surface area contributed by atoms with Crippen LogP contribution in [0.2, 0.25) is 0 Å². The van der Waals surface area contributed by atoms with Crippen LogP contribution in [-0.4, -0.2) is 19.5 Å². The molecule has 1 heterocycles. The summed E-state index contributed by atoms with van der Waals surface area (Å²) in [5, 5.41) is 0.939. The van der Waals surface area contributed by atoms with E-state index in [4.69, 9.17) is 9.15 Å². The van der Waals surface area contributed by atoms with Gasteiger partial charge in [0.2, 0.25) is 0 Å². The molecular formula is C13H13BrO3. The summed E-state index contributed by atoms with van der Waals surface area (Å²) in [5.74, 6) is 0.438. The zero-order valence-electron chi connectivity index (χ0n) is 9.53. The highest BCUT2D eigenvalue weighted by atomic mass is 79.9. The molecule has 0 aliphatic rings. The number of hydrogen-bond donors (Lipinski definition) is 0. The van der Waals surface area contributed by atoms with E-state index >= 15 is 0 Å². The Bertz CT molecular complexity index is 530. The van der Waals surface area contributed by atoms with Crippen molar-refractivity contribution in [3.8, 4) is 0 Å². The third-order valence-corrected chi connectivity index (χ3v) is 3.15. The second-order valence-electron chi connectivity index (χ2n) is 3.79. The monoisotopic (exact) mass is 296 g/mol. The summed E-state index contributed by atoms with van der Waals surface area (Å²) in [6, 6.07) is 7.52. The van der Waals surface area contributed by atoms with Gasteiger partial charge in [-0.2, -0.15) is 0 Å². The number of ether oxygens (including phenoxy) is 1. The number of furan rings is 1. The normalized spacial score (nSPS) is 10.9. The number of carbonyl (C=O) groups is 1. The van der Waals surface area contributed by atoms with E-state index in [1.165, 1.54) is 0 Å². The maximum absolute atomic E-state index is 11.8. The summed E-state index contributed by atoms with van der Waals surface area (Å²) < 4.78 is 11.3. The molecule has 0 fully saturated rings. The Balaban J connectivity index is 2.19. The van der Waals surface area contributed by atoms with Crippen molar-refractivity contribution in [3.05, 3.63) is 34.5 Å². The molecule has 0 aliphatic carbocycles. The molecule has 4 heteroatoms. The van der Waals surface area contributed by atoms with E-state index in [0.717, 1.165) is 15.4 Å². The van der Waals surface area contributed by atoms with Crippen molar-refractivity contribution in [2.45, 2.75) is 12.8 Å². The second-order valence-corrected chi connectivity index (χ2v) is 4.64. The van der Waals surface area contributed by atoms with E-state index in [-0.39, 0.29) is 5.78 Å². The highest BCUT2D eigenvalue weighted by Gasteiger charge is 2.13. The van der Waals surface area contributed by atoms with Gasteiger partial charge in [0.1, 0.15) is 5.58 Å². The van der Waals surface area contributed by atoms with Crippen LogP contribution in [0.3, 0.4) is 0 Å². The van der Waals surface area contributed by atoms with Crippen LogP contribution in [0.5, 0.6) is 0 Å². The van der Waals surface area contributed by atoms with Gasteiger partial charge in [0.15, 0.2) is 11.5 Å². The molecule has 0 radical (unpaired) electrons. The maximum Gasteiger partial charge on any atom is 0.198 e. The van der Waals surface area contributed by atoms with Gasteiger partial charge in [0, 0.05) is 25.5 Å². The highest BCUT2D eigenvalue weighted by Crippen LogP contribution is 2.27. The van der Waals surface area contributed by atoms with Crippen LogP contribution in [0.4, 0.5) is 0 Å². The number of ketones is 1. The first-order valence-electron chi connectivity index (χ1n) is 5.42. The number of methoxy groups -OCH3 is 1. The van der Waals surface area contributed by atoms with Crippen LogP contribution in [0, 0.1) is 0 Å². The molecule has 1 aromatic carbocycles. The number of para-hydroxylation sites is 1. The molecule has 1 aromatic heterocycles. The molecule has 0 atom stereocenters. The number of hydrogen-bond acceptors (Lipinski definition) is 3. The zero-order chi connectivity index (χ0) is 12.3. The average molecular weight is 297 g/mol. The fraction of sp³-hybridized carbons (Fsp3) is 0.308. The van der Waals surface area contributed by atoms with Gasteiger partial charge < -0.3 is 9.15 Å². The van der Waals surface area contributed by atoms with Crippen LogP contribution < -0.4 is 0 Å². The SMILES string of the molecule is COCCCC(=O)c1cc2cccc(Br)c2o1. The van der Waals surface area contributed by atoms with Crippen LogP contribution in [0.25, 0.3) is 11.0 Å². The summed E-state index contributed by atoms with van der Waals surface area (Å²) >= 11 is 3.40. The molecule has 90 valence electrons. The third kappa shape index (κ3) is 2.76. The fourth-order valence-electron chi connectivity index (χ4n) is 1.67. The molecule has 0 saturated heterocycles. The molecular weight excluding hydrogens is 284 g/mol. The lowest BCUT2D eigenvalue weighted by Gasteiger charge is -1.96. The van der Waals surface area contributed by atoms with E-state index in [2.05, 4.69) is 15.9 Å². The van der Waals surface area contributed by atoms with E-state index in [0.29, 0.717) is 25.2 Å². The average Bonchev–Trinajstić information content (AvgIpc) is 2.75. The first kappa shape index (κ1) is 12.3. The van der Waals surface area contributed by atoms with E-state index in [9.17, 15) is 4.79 Å². The number of halogens is 1. The number of rotatable bonds is 5. The first-order chi connectivity index (χ1) is 8.22. The van der Waals surface area contributed by atoms with Crippen LogP contribution >= 0.6 is 15.9 Å². The van der Waals surface area contributed by atoms with E-state index in [1.807, 2.05) is 18.2 Å². The van der Waals surface area contributed by atoms with Gasteiger partial charge in [0.05, 0.1) is 4.47 Å². The zero-order valence-corrected chi connectivity index (χ0v) is 11.1. The van der Waals surface area contributed by atoms with Crippen molar-refractivity contribution < 1.29 is 13.9 Å². The molecule has 0 aliphatic heterocycles. The van der Waals surface area contributed by atoms with Crippen molar-refractivity contribution >= 4 is 32.7 Å². The standard InChI is InChI=1S/C13H13BrO3/c1-16-7-3-6-11(15)12-8-9-4-2-5-10(14)13(9)17-12/h2,4-5,8H,3,6-7H2,1H3. The van der Waals surface area contributed by atoms with Gasteiger partial charge in [-0.3, -0.25) is 4.79 Å². The van der Waals surface area contributed by atoms with Crippen LogP contribution in [0.15, 0.2) is 33.2 Å². The minimum absolute atomic E-state index is 0.0187. The molecule has 0 unspecified atom stereocenters. The molecule has 2 rings (SSSR count). The second kappa shape index (κ2) is 5.47. The van der Waals surface area contributed by atoms with E-state index < -0.39 is 0 Å². The van der Waals surface area contributed by atoms with Crippen LogP contribution in [0.1, 0.15) is 23.4 Å². The quantitative estimate of drug-likeness (QED) is 0.622. The van der Waals surface area contributed by atoms with Crippen LogP contribution in [-0.2, 0) is 4.74 Å². The Morgan fingerprint density at radius 1 is 1.47 bits per heavy atom. The number of fused-ring (bicyclic) bond motifs is 1. The maximum atomic E-state index is 11.8. The Morgan fingerprint density at radius 3 is 3.00 bits per heavy atom. The topological polar surface area (TPSA) is 39.4 Å². The van der Waals surface area contributed by atoms with E-state index in [1.54, 1.807) is 13.2 Å². The Labute approximate surface area is 108 Å². The number of benzene rings is 1. The van der Waals surface area contributed by atoms with Crippen molar-refractivity contribution in [2.75, 3.05) is 13.7 Å². The molecule has 0 N–H and O–H groups in total. The molecule has 0 saturated carbocycles. The lowest BCUT2D eigenvalue weighted by atomic mass is 10.2. The summed E-state index contributed by atoms with van der Waals surface area (Å²) in [6.07, 6.45) is 1.17. The Kier molecular flexibility index (Phi) is 3.97. The van der Waals surface area contributed by atoms with Gasteiger partial charge in [-0.25, -0.2) is 0 Å². The third-order valence-electron chi connectivity index (χ3n) is 2.52. The lowest BCUT2D eigenvalue weighted by Crippen LogP contribution is -1.99.